The van der Waals surface area contributed by atoms with E-state index in [1.54, 1.807) is 12.1 Å². The highest BCUT2D eigenvalue weighted by Gasteiger charge is 2.07. The molecule has 2 aromatic carbocycles. The fraction of sp³-hybridized carbons (Fsp3) is 0.188. The lowest BCUT2D eigenvalue weighted by Crippen LogP contribution is -2.17. The van der Waals surface area contributed by atoms with Crippen LogP contribution in [0.5, 0.6) is 0 Å². The lowest BCUT2D eigenvalue weighted by molar-refractivity contribution is -0.118. The number of carbonyl (C=O) groups is 1. The summed E-state index contributed by atoms with van der Waals surface area (Å²) in [5, 5.41) is 6.07. The Balaban J connectivity index is 2.16. The third kappa shape index (κ3) is 3.89. The predicted octanol–water partition coefficient (Wildman–Crippen LogP) is 3.19. The van der Waals surface area contributed by atoms with E-state index in [1.165, 1.54) is 0 Å². The molecule has 0 aliphatic rings. The molecule has 5 heteroatoms. The van der Waals surface area contributed by atoms with Gasteiger partial charge in [-0.1, -0.05) is 19.9 Å². The summed E-state index contributed by atoms with van der Waals surface area (Å²) in [5.74, 6) is -0.0755. The minimum absolute atomic E-state index is 0.0147. The largest absolute Gasteiger partial charge is 0.399 e. The maximum atomic E-state index is 11.7. The van der Waals surface area contributed by atoms with E-state index in [9.17, 15) is 4.79 Å². The average molecular weight is 284 g/mol. The van der Waals surface area contributed by atoms with Crippen LogP contribution in [-0.2, 0) is 4.79 Å². The first-order chi connectivity index (χ1) is 9.95. The number of rotatable bonds is 4. The van der Waals surface area contributed by atoms with Crippen LogP contribution in [0.15, 0.2) is 42.5 Å². The quantitative estimate of drug-likeness (QED) is 0.649. The molecule has 0 aliphatic carbocycles. The zero-order valence-electron chi connectivity index (χ0n) is 12.2. The zero-order valence-corrected chi connectivity index (χ0v) is 12.2. The molecule has 0 unspecified atom stereocenters. The number of anilines is 5. The molecule has 1 amide bonds. The molecule has 110 valence electrons. The lowest BCUT2D eigenvalue weighted by atomic mass is 10.2. The van der Waals surface area contributed by atoms with Crippen LogP contribution in [-0.4, -0.2) is 5.91 Å². The van der Waals surface area contributed by atoms with Crippen molar-refractivity contribution in [3.8, 4) is 0 Å². The van der Waals surface area contributed by atoms with Gasteiger partial charge in [0.2, 0.25) is 5.91 Å². The molecule has 0 aliphatic heterocycles. The molecule has 0 bridgehead atoms. The van der Waals surface area contributed by atoms with Gasteiger partial charge in [-0.2, -0.15) is 0 Å². The number of amides is 1. The third-order valence-electron chi connectivity index (χ3n) is 3.01. The van der Waals surface area contributed by atoms with Gasteiger partial charge in [0, 0.05) is 23.0 Å². The van der Waals surface area contributed by atoms with Crippen molar-refractivity contribution in [2.75, 3.05) is 22.1 Å². The van der Waals surface area contributed by atoms with Gasteiger partial charge in [0.05, 0.1) is 11.4 Å². The van der Waals surface area contributed by atoms with Crippen LogP contribution in [0.3, 0.4) is 0 Å². The van der Waals surface area contributed by atoms with E-state index in [2.05, 4.69) is 10.6 Å². The first kappa shape index (κ1) is 14.7. The fourth-order valence-corrected chi connectivity index (χ4v) is 1.81. The Morgan fingerprint density at radius 3 is 2.43 bits per heavy atom. The van der Waals surface area contributed by atoms with Crippen molar-refractivity contribution in [2.45, 2.75) is 13.8 Å². The minimum atomic E-state index is -0.0608. The van der Waals surface area contributed by atoms with Gasteiger partial charge in [0.25, 0.3) is 0 Å². The zero-order chi connectivity index (χ0) is 15.4. The predicted molar refractivity (Wildman–Crippen MR) is 88.5 cm³/mol. The molecule has 0 heterocycles. The average Bonchev–Trinajstić information content (AvgIpc) is 2.42. The maximum absolute atomic E-state index is 11.7. The summed E-state index contributed by atoms with van der Waals surface area (Å²) >= 11 is 0. The Morgan fingerprint density at radius 1 is 1.05 bits per heavy atom. The Morgan fingerprint density at radius 2 is 1.76 bits per heavy atom. The van der Waals surface area contributed by atoms with E-state index >= 15 is 0 Å². The molecule has 2 aromatic rings. The van der Waals surface area contributed by atoms with E-state index < -0.39 is 0 Å². The second kappa shape index (κ2) is 6.17. The molecule has 0 radical (unpaired) electrons. The number of hydrogen-bond acceptors (Lipinski definition) is 4. The van der Waals surface area contributed by atoms with Crippen LogP contribution >= 0.6 is 0 Å². The Kier molecular flexibility index (Phi) is 4.33. The molecule has 21 heavy (non-hydrogen) atoms. The van der Waals surface area contributed by atoms with Gasteiger partial charge in [-0.25, -0.2) is 0 Å². The third-order valence-corrected chi connectivity index (χ3v) is 3.01. The van der Waals surface area contributed by atoms with E-state index in [-0.39, 0.29) is 11.8 Å². The summed E-state index contributed by atoms with van der Waals surface area (Å²) in [6.45, 7) is 3.71. The minimum Gasteiger partial charge on any atom is -0.399 e. The molecule has 0 fully saturated rings. The van der Waals surface area contributed by atoms with Gasteiger partial charge in [-0.15, -0.1) is 0 Å². The van der Waals surface area contributed by atoms with Gasteiger partial charge in [-0.05, 0) is 36.4 Å². The van der Waals surface area contributed by atoms with Crippen LogP contribution in [0.25, 0.3) is 0 Å². The summed E-state index contributed by atoms with van der Waals surface area (Å²) in [5.41, 5.74) is 15.1. The summed E-state index contributed by atoms with van der Waals surface area (Å²) < 4.78 is 0. The van der Waals surface area contributed by atoms with Crippen LogP contribution in [0.1, 0.15) is 13.8 Å². The standard InChI is InChI=1S/C16H20N4O/c1-10(2)16(21)20-13-5-3-4-12(9-13)19-15-7-6-11(17)8-14(15)18/h3-10,19H,17-18H2,1-2H3,(H,20,21). The molecule has 0 atom stereocenters. The first-order valence-corrected chi connectivity index (χ1v) is 6.78. The van der Waals surface area contributed by atoms with Crippen LogP contribution in [0, 0.1) is 5.92 Å². The van der Waals surface area contributed by atoms with Gasteiger partial charge in [0.15, 0.2) is 0 Å². The van der Waals surface area contributed by atoms with E-state index in [0.29, 0.717) is 11.4 Å². The highest BCUT2D eigenvalue weighted by molar-refractivity contribution is 5.92. The Bertz CT molecular complexity index is 652. The van der Waals surface area contributed by atoms with Crippen LogP contribution in [0.4, 0.5) is 28.4 Å². The SMILES string of the molecule is CC(C)C(=O)Nc1cccc(Nc2ccc(N)cc2N)c1. The monoisotopic (exact) mass is 284 g/mol. The van der Waals surface area contributed by atoms with Crippen molar-refractivity contribution in [1.29, 1.82) is 0 Å². The van der Waals surface area contributed by atoms with Crippen molar-refractivity contribution in [3.05, 3.63) is 42.5 Å². The molecule has 0 aromatic heterocycles. The van der Waals surface area contributed by atoms with Crippen LogP contribution < -0.4 is 22.1 Å². The second-order valence-electron chi connectivity index (χ2n) is 5.20. The normalized spacial score (nSPS) is 10.4. The van der Waals surface area contributed by atoms with Crippen molar-refractivity contribution in [2.24, 2.45) is 5.92 Å². The maximum Gasteiger partial charge on any atom is 0.226 e. The van der Waals surface area contributed by atoms with Gasteiger partial charge >= 0.3 is 0 Å². The number of nitrogen functional groups attached to an aromatic ring is 2. The van der Waals surface area contributed by atoms with Crippen molar-refractivity contribution < 1.29 is 4.79 Å². The topological polar surface area (TPSA) is 93.2 Å². The molecular weight excluding hydrogens is 264 g/mol. The Labute approximate surface area is 124 Å². The van der Waals surface area contributed by atoms with E-state index in [0.717, 1.165) is 17.1 Å². The lowest BCUT2D eigenvalue weighted by Gasteiger charge is -2.12. The number of benzene rings is 2. The second-order valence-corrected chi connectivity index (χ2v) is 5.20. The summed E-state index contributed by atoms with van der Waals surface area (Å²) in [6, 6.07) is 12.8. The first-order valence-electron chi connectivity index (χ1n) is 6.78. The van der Waals surface area contributed by atoms with Crippen LogP contribution in [0.2, 0.25) is 0 Å². The molecular formula is C16H20N4O. The smallest absolute Gasteiger partial charge is 0.226 e. The summed E-state index contributed by atoms with van der Waals surface area (Å²) in [7, 11) is 0. The number of nitrogens with two attached hydrogens (primary N) is 2. The van der Waals surface area contributed by atoms with E-state index in [4.69, 9.17) is 11.5 Å². The molecule has 0 saturated carbocycles. The van der Waals surface area contributed by atoms with Crippen molar-refractivity contribution in [3.63, 3.8) is 0 Å². The highest BCUT2D eigenvalue weighted by Crippen LogP contribution is 2.26. The fourth-order valence-electron chi connectivity index (χ4n) is 1.81. The molecule has 5 nitrogen and oxygen atoms in total. The molecule has 6 N–H and O–H groups in total. The summed E-state index contributed by atoms with van der Waals surface area (Å²) in [6.07, 6.45) is 0. The molecule has 0 saturated heterocycles. The van der Waals surface area contributed by atoms with Crippen molar-refractivity contribution >= 4 is 34.3 Å². The molecule has 0 spiro atoms. The van der Waals surface area contributed by atoms with E-state index in [1.807, 2.05) is 44.2 Å². The Hall–Kier alpha value is -2.69. The number of carbonyl (C=O) groups excluding carboxylic acids is 1. The summed E-state index contributed by atoms with van der Waals surface area (Å²) in [4.78, 5) is 11.7. The van der Waals surface area contributed by atoms with Crippen molar-refractivity contribution in [1.82, 2.24) is 0 Å². The molecule has 2 rings (SSSR count). The highest BCUT2D eigenvalue weighted by atomic mass is 16.1. The number of nitrogens with one attached hydrogen (secondary N) is 2. The van der Waals surface area contributed by atoms with Gasteiger partial charge in [-0.3, -0.25) is 4.79 Å². The van der Waals surface area contributed by atoms with Gasteiger partial charge in [0.1, 0.15) is 0 Å². The number of hydrogen-bond donors (Lipinski definition) is 4. The van der Waals surface area contributed by atoms with Gasteiger partial charge < -0.3 is 22.1 Å².